The molecule has 4 rings (SSSR count). The van der Waals surface area contributed by atoms with Crippen LogP contribution in [0.15, 0.2) is 47.5 Å². The average Bonchev–Trinajstić information content (AvgIpc) is 3.01. The van der Waals surface area contributed by atoms with Crippen LogP contribution in [-0.2, 0) is 4.79 Å². The van der Waals surface area contributed by atoms with Crippen LogP contribution in [0.5, 0.6) is 0 Å². The predicted molar refractivity (Wildman–Crippen MR) is 107 cm³/mol. The Labute approximate surface area is 158 Å². The van der Waals surface area contributed by atoms with Gasteiger partial charge in [0.25, 0.3) is 0 Å². The number of piperazine rings is 1. The maximum absolute atomic E-state index is 13.3. The molecular weight excluding hydrogens is 343 g/mol. The van der Waals surface area contributed by atoms with Gasteiger partial charge in [-0.25, -0.2) is 4.39 Å². The van der Waals surface area contributed by atoms with Crippen molar-refractivity contribution in [3.63, 3.8) is 0 Å². The monoisotopic (exact) mass is 366 g/mol. The van der Waals surface area contributed by atoms with E-state index in [0.717, 1.165) is 44.0 Å². The Morgan fingerprint density at radius 1 is 1.15 bits per heavy atom. The van der Waals surface area contributed by atoms with E-state index in [2.05, 4.69) is 39.2 Å². The van der Waals surface area contributed by atoms with E-state index in [1.54, 1.807) is 12.3 Å². The van der Waals surface area contributed by atoms with Gasteiger partial charge >= 0.3 is 0 Å². The Morgan fingerprint density at radius 2 is 1.89 bits per heavy atom. The van der Waals surface area contributed by atoms with Crippen molar-refractivity contribution in [2.24, 2.45) is 4.99 Å². The molecule has 0 spiro atoms. The number of amides is 1. The van der Waals surface area contributed by atoms with Gasteiger partial charge in [-0.05, 0) is 48.5 Å². The summed E-state index contributed by atoms with van der Waals surface area (Å²) in [5.41, 5.74) is 3.28. The quantitative estimate of drug-likeness (QED) is 0.844. The lowest BCUT2D eigenvalue weighted by molar-refractivity contribution is -0.115. The maximum Gasteiger partial charge on any atom is 0.237 e. The first-order chi connectivity index (χ1) is 13.1. The van der Waals surface area contributed by atoms with Crippen LogP contribution >= 0.6 is 0 Å². The molecule has 1 amide bonds. The molecule has 1 N–H and O–H groups in total. The highest BCUT2D eigenvalue weighted by molar-refractivity contribution is 6.12. The number of hydrogen-bond acceptors (Lipinski definition) is 4. The number of anilines is 2. The highest BCUT2D eigenvalue weighted by atomic mass is 19.1. The van der Waals surface area contributed by atoms with Crippen LogP contribution in [-0.4, -0.2) is 49.7 Å². The fraction of sp³-hybridized carbons (Fsp3) is 0.333. The number of nitrogens with zero attached hydrogens (tertiary/aromatic N) is 3. The molecule has 5 nitrogen and oxygen atoms in total. The zero-order chi connectivity index (χ0) is 18.8. The molecule has 1 saturated heterocycles. The van der Waals surface area contributed by atoms with Crippen LogP contribution in [0.3, 0.4) is 0 Å². The molecule has 27 heavy (non-hydrogen) atoms. The van der Waals surface area contributed by atoms with Crippen molar-refractivity contribution in [2.45, 2.75) is 12.8 Å². The third-order valence-electron chi connectivity index (χ3n) is 5.30. The minimum atomic E-state index is -0.484. The number of fused-ring (bicyclic) bond motifs is 1. The number of hydrogen-bond donors (Lipinski definition) is 1. The Balaban J connectivity index is 1.44. The van der Waals surface area contributed by atoms with Gasteiger partial charge in [0.2, 0.25) is 5.91 Å². The molecule has 2 aromatic rings. The summed E-state index contributed by atoms with van der Waals surface area (Å²) in [5, 5.41) is 2.70. The fourth-order valence-corrected chi connectivity index (χ4v) is 3.64. The van der Waals surface area contributed by atoms with Crippen LogP contribution in [0.25, 0.3) is 0 Å². The number of rotatable bonds is 4. The van der Waals surface area contributed by atoms with E-state index in [1.807, 2.05) is 12.1 Å². The lowest BCUT2D eigenvalue weighted by Gasteiger charge is -2.35. The predicted octanol–water partition coefficient (Wildman–Crippen LogP) is 3.41. The summed E-state index contributed by atoms with van der Waals surface area (Å²) in [6, 6.07) is 12.4. The van der Waals surface area contributed by atoms with Crippen molar-refractivity contribution in [3.05, 3.63) is 53.8 Å². The third kappa shape index (κ3) is 3.71. The van der Waals surface area contributed by atoms with Crippen LogP contribution in [0.4, 0.5) is 21.5 Å². The zero-order valence-corrected chi connectivity index (χ0v) is 15.4. The van der Waals surface area contributed by atoms with Gasteiger partial charge in [-0.2, -0.15) is 0 Å². The number of nitrogens with one attached hydrogen (secondary N) is 1. The second-order valence-corrected chi connectivity index (χ2v) is 6.91. The number of likely N-dealkylation sites (N-methyl/N-ethyl adjacent to an activating group) is 1. The van der Waals surface area contributed by atoms with E-state index in [1.165, 1.54) is 17.8 Å². The first-order valence-corrected chi connectivity index (χ1v) is 9.36. The number of carbonyl (C=O) groups excluding carboxylic acids is 1. The lowest BCUT2D eigenvalue weighted by atomic mass is 10.0. The molecule has 2 heterocycles. The highest BCUT2D eigenvalue weighted by Gasteiger charge is 2.29. The van der Waals surface area contributed by atoms with Crippen molar-refractivity contribution in [1.29, 1.82) is 0 Å². The topological polar surface area (TPSA) is 47.9 Å². The standard InChI is InChI=1S/C21H23FN4O/c1-2-25-9-11-26(12-10-25)17-6-4-16(5-7-17)23-14-19-18-8-3-15(22)13-20(18)24-21(19)27/h3-8,13-14,19H,2,9-12H2,1H3,(H,24,27). The number of benzene rings is 2. The van der Waals surface area contributed by atoms with E-state index in [9.17, 15) is 9.18 Å². The average molecular weight is 366 g/mol. The van der Waals surface area contributed by atoms with Crippen molar-refractivity contribution in [1.82, 2.24) is 4.90 Å². The molecular formula is C21H23FN4O. The molecule has 2 aromatic carbocycles. The molecule has 2 aliphatic heterocycles. The summed E-state index contributed by atoms with van der Waals surface area (Å²) in [4.78, 5) is 21.4. The summed E-state index contributed by atoms with van der Waals surface area (Å²) >= 11 is 0. The molecule has 6 heteroatoms. The minimum absolute atomic E-state index is 0.176. The van der Waals surface area contributed by atoms with Gasteiger partial charge in [-0.1, -0.05) is 13.0 Å². The fourth-order valence-electron chi connectivity index (χ4n) is 3.64. The van der Waals surface area contributed by atoms with Gasteiger partial charge in [-0.15, -0.1) is 0 Å². The van der Waals surface area contributed by atoms with Gasteiger partial charge in [0.05, 0.1) is 5.69 Å². The van der Waals surface area contributed by atoms with Crippen LogP contribution < -0.4 is 10.2 Å². The van der Waals surface area contributed by atoms with Crippen LogP contribution in [0.1, 0.15) is 18.4 Å². The molecule has 1 fully saturated rings. The smallest absolute Gasteiger partial charge is 0.237 e. The van der Waals surface area contributed by atoms with E-state index in [-0.39, 0.29) is 11.7 Å². The molecule has 0 bridgehead atoms. The van der Waals surface area contributed by atoms with Crippen molar-refractivity contribution < 1.29 is 9.18 Å². The number of carbonyl (C=O) groups is 1. The molecule has 1 atom stereocenters. The lowest BCUT2D eigenvalue weighted by Crippen LogP contribution is -2.46. The van der Waals surface area contributed by atoms with Crippen LogP contribution in [0, 0.1) is 5.82 Å². The van der Waals surface area contributed by atoms with Gasteiger partial charge in [0.1, 0.15) is 11.7 Å². The Bertz CT molecular complexity index is 857. The van der Waals surface area contributed by atoms with E-state index < -0.39 is 5.92 Å². The van der Waals surface area contributed by atoms with Gasteiger partial charge in [-0.3, -0.25) is 9.79 Å². The molecule has 0 aliphatic carbocycles. The highest BCUT2D eigenvalue weighted by Crippen LogP contribution is 2.32. The Hall–Kier alpha value is -2.73. The largest absolute Gasteiger partial charge is 0.369 e. The summed E-state index contributed by atoms with van der Waals surface area (Å²) in [6.45, 7) is 7.55. The van der Waals surface area contributed by atoms with E-state index >= 15 is 0 Å². The second kappa shape index (κ2) is 7.48. The molecule has 1 unspecified atom stereocenters. The Kier molecular flexibility index (Phi) is 4.90. The first kappa shape index (κ1) is 17.7. The minimum Gasteiger partial charge on any atom is -0.369 e. The zero-order valence-electron chi connectivity index (χ0n) is 15.4. The molecule has 0 radical (unpaired) electrons. The summed E-state index contributed by atoms with van der Waals surface area (Å²) in [7, 11) is 0. The van der Waals surface area contributed by atoms with E-state index in [4.69, 9.17) is 0 Å². The summed E-state index contributed by atoms with van der Waals surface area (Å²) in [5.74, 6) is -1.02. The van der Waals surface area contributed by atoms with Gasteiger partial charge < -0.3 is 15.1 Å². The van der Waals surface area contributed by atoms with Gasteiger partial charge in [0.15, 0.2) is 0 Å². The van der Waals surface area contributed by atoms with Crippen molar-refractivity contribution in [2.75, 3.05) is 42.9 Å². The Morgan fingerprint density at radius 3 is 2.59 bits per heavy atom. The first-order valence-electron chi connectivity index (χ1n) is 9.36. The third-order valence-corrected chi connectivity index (χ3v) is 5.30. The molecule has 140 valence electrons. The van der Waals surface area contributed by atoms with Crippen LogP contribution in [0.2, 0.25) is 0 Å². The number of aliphatic imine (C=N–C) groups is 1. The van der Waals surface area contributed by atoms with Crippen molar-refractivity contribution >= 4 is 29.2 Å². The molecule has 2 aliphatic rings. The normalized spacial score (nSPS) is 20.1. The van der Waals surface area contributed by atoms with Crippen molar-refractivity contribution in [3.8, 4) is 0 Å². The maximum atomic E-state index is 13.3. The second-order valence-electron chi connectivity index (χ2n) is 6.91. The molecule has 0 aromatic heterocycles. The molecule has 0 saturated carbocycles. The summed E-state index contributed by atoms with van der Waals surface area (Å²) < 4.78 is 13.3. The summed E-state index contributed by atoms with van der Waals surface area (Å²) in [6.07, 6.45) is 1.63. The number of halogens is 1. The SMILES string of the molecule is CCN1CCN(c2ccc(N=CC3C(=O)Nc4cc(F)ccc43)cc2)CC1. The van der Waals surface area contributed by atoms with E-state index in [0.29, 0.717) is 5.69 Å². The van der Waals surface area contributed by atoms with Gasteiger partial charge in [0, 0.05) is 43.8 Å².